The van der Waals surface area contributed by atoms with Crippen molar-refractivity contribution in [2.24, 2.45) is 0 Å². The van der Waals surface area contributed by atoms with Crippen molar-refractivity contribution in [1.29, 1.82) is 0 Å². The third-order valence-electron chi connectivity index (χ3n) is 6.23. The molecule has 1 unspecified atom stereocenters. The van der Waals surface area contributed by atoms with Gasteiger partial charge in [0.2, 0.25) is 0 Å². The zero-order chi connectivity index (χ0) is 22.6. The lowest BCUT2D eigenvalue weighted by molar-refractivity contribution is 0.0976. The van der Waals surface area contributed by atoms with Crippen molar-refractivity contribution in [3.05, 3.63) is 126 Å². The highest BCUT2D eigenvalue weighted by Gasteiger charge is 2.24. The Kier molecular flexibility index (Phi) is 5.86. The van der Waals surface area contributed by atoms with E-state index in [9.17, 15) is 4.79 Å². The van der Waals surface area contributed by atoms with Gasteiger partial charge in [0, 0.05) is 17.5 Å². The molecule has 0 bridgehead atoms. The Bertz CT molecular complexity index is 1390. The van der Waals surface area contributed by atoms with E-state index in [1.54, 1.807) is 0 Å². The van der Waals surface area contributed by atoms with Crippen LogP contribution < -0.4 is 0 Å². The molecule has 1 heterocycles. The van der Waals surface area contributed by atoms with Crippen LogP contribution in [0.3, 0.4) is 0 Å². The van der Waals surface area contributed by atoms with Crippen LogP contribution in [0.5, 0.6) is 0 Å². The maximum atomic E-state index is 13.0. The molecule has 0 aliphatic carbocycles. The van der Waals surface area contributed by atoms with E-state index < -0.39 is 0 Å². The summed E-state index contributed by atoms with van der Waals surface area (Å²) in [6, 6.07) is 36.6. The van der Waals surface area contributed by atoms with Crippen LogP contribution in [0.15, 0.2) is 109 Å². The van der Waals surface area contributed by atoms with Crippen molar-refractivity contribution < 1.29 is 4.79 Å². The summed E-state index contributed by atoms with van der Waals surface area (Å²) in [5.74, 6) is 1.09. The number of imidazole rings is 1. The topological polar surface area (TPSA) is 34.9 Å². The molecule has 3 heteroatoms. The number of hydrogen-bond donors (Lipinski definition) is 0. The van der Waals surface area contributed by atoms with Crippen LogP contribution in [-0.2, 0) is 0 Å². The van der Waals surface area contributed by atoms with E-state index in [1.807, 2.05) is 54.6 Å². The van der Waals surface area contributed by atoms with E-state index in [0.717, 1.165) is 28.0 Å². The summed E-state index contributed by atoms with van der Waals surface area (Å²) in [6.45, 7) is 2.14. The smallest absolute Gasteiger partial charge is 0.162 e. The Morgan fingerprint density at radius 1 is 0.788 bits per heavy atom. The lowest BCUT2D eigenvalue weighted by Crippen LogP contribution is -2.15. The van der Waals surface area contributed by atoms with Gasteiger partial charge < -0.3 is 4.57 Å². The minimum Gasteiger partial charge on any atom is -0.316 e. The van der Waals surface area contributed by atoms with E-state index in [0.29, 0.717) is 12.8 Å². The van der Waals surface area contributed by atoms with E-state index in [1.165, 1.54) is 11.1 Å². The van der Waals surface area contributed by atoms with Gasteiger partial charge in [-0.25, -0.2) is 4.98 Å². The summed E-state index contributed by atoms with van der Waals surface area (Å²) in [6.07, 6.45) is 1.16. The molecule has 162 valence electrons. The largest absolute Gasteiger partial charge is 0.316 e. The first kappa shape index (κ1) is 20.9. The number of aromatic nitrogens is 2. The number of aryl methyl sites for hydroxylation is 1. The zero-order valence-electron chi connectivity index (χ0n) is 18.7. The third-order valence-corrected chi connectivity index (χ3v) is 6.23. The second kappa shape index (κ2) is 9.25. The Morgan fingerprint density at radius 2 is 1.42 bits per heavy atom. The molecule has 0 aliphatic rings. The fourth-order valence-electron chi connectivity index (χ4n) is 4.57. The third kappa shape index (κ3) is 4.22. The summed E-state index contributed by atoms with van der Waals surface area (Å²) in [5, 5.41) is 0. The van der Waals surface area contributed by atoms with Crippen molar-refractivity contribution in [3.8, 4) is 11.4 Å². The van der Waals surface area contributed by atoms with Crippen molar-refractivity contribution in [1.82, 2.24) is 9.55 Å². The molecular weight excluding hydrogens is 404 g/mol. The van der Waals surface area contributed by atoms with Crippen LogP contribution >= 0.6 is 0 Å². The molecule has 0 radical (unpaired) electrons. The first-order valence-electron chi connectivity index (χ1n) is 11.4. The minimum atomic E-state index is -0.0125. The van der Waals surface area contributed by atoms with Crippen LogP contribution in [0.25, 0.3) is 22.4 Å². The van der Waals surface area contributed by atoms with Gasteiger partial charge in [0.15, 0.2) is 5.78 Å². The van der Waals surface area contributed by atoms with E-state index in [2.05, 4.69) is 66.1 Å². The summed E-state index contributed by atoms with van der Waals surface area (Å²) in [4.78, 5) is 18.1. The summed E-state index contributed by atoms with van der Waals surface area (Å²) >= 11 is 0. The molecule has 0 aliphatic heterocycles. The average molecular weight is 431 g/mol. The fraction of sp³-hybridized carbons (Fsp3) is 0.133. The lowest BCUT2D eigenvalue weighted by atomic mass is 9.94. The van der Waals surface area contributed by atoms with Gasteiger partial charge in [0.1, 0.15) is 5.82 Å². The maximum absolute atomic E-state index is 13.0. The second-order valence-electron chi connectivity index (χ2n) is 8.36. The van der Waals surface area contributed by atoms with Gasteiger partial charge in [-0.05, 0) is 36.6 Å². The number of nitrogens with zero attached hydrogens (tertiary/aromatic N) is 2. The van der Waals surface area contributed by atoms with Crippen LogP contribution in [0.4, 0.5) is 0 Å². The molecule has 1 aromatic heterocycles. The number of benzene rings is 4. The first-order chi connectivity index (χ1) is 16.2. The second-order valence-corrected chi connectivity index (χ2v) is 8.36. The van der Waals surface area contributed by atoms with Gasteiger partial charge in [0.25, 0.3) is 0 Å². The van der Waals surface area contributed by atoms with E-state index in [4.69, 9.17) is 4.98 Å². The molecule has 5 rings (SSSR count). The first-order valence-corrected chi connectivity index (χ1v) is 11.4. The summed E-state index contributed by atoms with van der Waals surface area (Å²) < 4.78 is 2.32. The van der Waals surface area contributed by atoms with Crippen LogP contribution in [0.1, 0.15) is 40.4 Å². The van der Waals surface area contributed by atoms with Crippen LogP contribution in [-0.4, -0.2) is 15.3 Å². The highest BCUT2D eigenvalue weighted by Crippen LogP contribution is 2.35. The molecule has 3 nitrogen and oxygen atoms in total. The molecular formula is C30H26N2O. The summed E-state index contributed by atoms with van der Waals surface area (Å²) in [5.41, 5.74) is 6.31. The predicted molar refractivity (Wildman–Crippen MR) is 134 cm³/mol. The summed E-state index contributed by atoms with van der Waals surface area (Å²) in [7, 11) is 0. The Labute approximate surface area is 194 Å². The Balaban J connectivity index is 1.64. The molecule has 1 atom stereocenters. The number of Topliss-reactive ketones (excluding diaryl/α,β-unsaturated/α-hetero) is 1. The number of hydrogen-bond acceptors (Lipinski definition) is 2. The van der Waals surface area contributed by atoms with Crippen molar-refractivity contribution in [3.63, 3.8) is 0 Å². The molecule has 4 aromatic carbocycles. The van der Waals surface area contributed by atoms with Crippen LogP contribution in [0.2, 0.25) is 0 Å². The van der Waals surface area contributed by atoms with Gasteiger partial charge in [0.05, 0.1) is 17.1 Å². The van der Waals surface area contributed by atoms with Crippen LogP contribution in [0, 0.1) is 6.92 Å². The molecule has 0 fully saturated rings. The number of carbonyl (C=O) groups excluding carboxylic acids is 1. The number of carbonyl (C=O) groups is 1. The molecule has 33 heavy (non-hydrogen) atoms. The van der Waals surface area contributed by atoms with Gasteiger partial charge in [-0.15, -0.1) is 0 Å². The highest BCUT2D eigenvalue weighted by atomic mass is 16.1. The average Bonchev–Trinajstić information content (AvgIpc) is 3.26. The van der Waals surface area contributed by atoms with E-state index in [-0.39, 0.29) is 11.8 Å². The maximum Gasteiger partial charge on any atom is 0.162 e. The normalized spacial score (nSPS) is 12.0. The molecule has 0 amide bonds. The predicted octanol–water partition coefficient (Wildman–Crippen LogP) is 7.26. The highest BCUT2D eigenvalue weighted by molar-refractivity contribution is 5.96. The van der Waals surface area contributed by atoms with Gasteiger partial charge in [-0.3, -0.25) is 4.79 Å². The van der Waals surface area contributed by atoms with Crippen molar-refractivity contribution in [2.45, 2.75) is 25.8 Å². The fourth-order valence-corrected chi connectivity index (χ4v) is 4.57. The van der Waals surface area contributed by atoms with Gasteiger partial charge >= 0.3 is 0 Å². The quantitative estimate of drug-likeness (QED) is 0.255. The molecule has 0 N–H and O–H groups in total. The standard InChI is InChI=1S/C30H26N2O/c1-22-12-8-9-17-25(22)27(20-21-29(33)23-13-4-2-5-14-23)32-28-19-11-10-18-26(28)31-30(32)24-15-6-3-7-16-24/h2-19,27H,20-21H2,1H3. The van der Waals surface area contributed by atoms with E-state index >= 15 is 0 Å². The minimum absolute atomic E-state index is 0.0125. The SMILES string of the molecule is Cc1ccccc1C(CCC(=O)c1ccccc1)n1c(-c2ccccc2)nc2ccccc21. The molecule has 0 saturated carbocycles. The van der Waals surface area contributed by atoms with Gasteiger partial charge in [-0.2, -0.15) is 0 Å². The molecule has 5 aromatic rings. The Hall–Kier alpha value is -3.98. The van der Waals surface area contributed by atoms with Crippen molar-refractivity contribution >= 4 is 16.8 Å². The number of para-hydroxylation sites is 2. The Morgan fingerprint density at radius 3 is 2.18 bits per heavy atom. The number of rotatable bonds is 7. The number of ketones is 1. The molecule has 0 spiro atoms. The lowest BCUT2D eigenvalue weighted by Gasteiger charge is -2.24. The molecule has 0 saturated heterocycles. The van der Waals surface area contributed by atoms with Crippen molar-refractivity contribution in [2.75, 3.05) is 0 Å². The van der Waals surface area contributed by atoms with Gasteiger partial charge in [-0.1, -0.05) is 97.1 Å². The monoisotopic (exact) mass is 430 g/mol. The number of fused-ring (bicyclic) bond motifs is 1. The zero-order valence-corrected chi connectivity index (χ0v) is 18.7.